The summed E-state index contributed by atoms with van der Waals surface area (Å²) >= 11 is 5.83. The van der Waals surface area contributed by atoms with E-state index in [0.29, 0.717) is 18.0 Å². The van der Waals surface area contributed by atoms with E-state index in [9.17, 15) is 9.59 Å². The minimum Gasteiger partial charge on any atom is -0.336 e. The number of nitrogens with zero attached hydrogens (tertiary/aromatic N) is 1. The summed E-state index contributed by atoms with van der Waals surface area (Å²) in [6.45, 7) is 4.25. The van der Waals surface area contributed by atoms with Crippen molar-refractivity contribution in [2.45, 2.75) is 32.4 Å². The number of nitrogens with one attached hydrogen (secondary N) is 2. The summed E-state index contributed by atoms with van der Waals surface area (Å²) in [7, 11) is 0. The van der Waals surface area contributed by atoms with Crippen molar-refractivity contribution in [1.29, 1.82) is 0 Å². The molecule has 1 unspecified atom stereocenters. The lowest BCUT2D eigenvalue weighted by Crippen LogP contribution is -2.45. The van der Waals surface area contributed by atoms with E-state index < -0.39 is 0 Å². The van der Waals surface area contributed by atoms with Gasteiger partial charge in [-0.1, -0.05) is 11.6 Å². The van der Waals surface area contributed by atoms with Crippen LogP contribution in [-0.2, 0) is 4.79 Å². The Morgan fingerprint density at radius 3 is 2.60 bits per heavy atom. The molecule has 0 radical (unpaired) electrons. The molecule has 1 aliphatic rings. The highest BCUT2D eigenvalue weighted by molar-refractivity contribution is 6.30. The van der Waals surface area contributed by atoms with E-state index >= 15 is 0 Å². The van der Waals surface area contributed by atoms with Gasteiger partial charge < -0.3 is 15.5 Å². The number of amides is 3. The minimum absolute atomic E-state index is 0.00201. The lowest BCUT2D eigenvalue weighted by atomic mass is 10.2. The van der Waals surface area contributed by atoms with Gasteiger partial charge in [-0.25, -0.2) is 4.79 Å². The van der Waals surface area contributed by atoms with Crippen molar-refractivity contribution in [2.24, 2.45) is 0 Å². The molecule has 0 bridgehead atoms. The van der Waals surface area contributed by atoms with Crippen LogP contribution in [0.1, 0.15) is 20.3 Å². The fourth-order valence-corrected chi connectivity index (χ4v) is 2.29. The summed E-state index contributed by atoms with van der Waals surface area (Å²) in [6.07, 6.45) is 0.314. The van der Waals surface area contributed by atoms with Crippen LogP contribution in [0, 0.1) is 0 Å². The Balaban J connectivity index is 1.97. The van der Waals surface area contributed by atoms with Gasteiger partial charge in [-0.15, -0.1) is 0 Å². The SMILES string of the molecule is CC(C)NC(=O)NC1CC(=O)N(c2ccc(Cl)cc2)C1. The molecule has 1 atom stereocenters. The molecular weight excluding hydrogens is 278 g/mol. The van der Waals surface area contributed by atoms with Gasteiger partial charge in [0, 0.05) is 29.7 Å². The van der Waals surface area contributed by atoms with Crippen molar-refractivity contribution in [3.05, 3.63) is 29.3 Å². The van der Waals surface area contributed by atoms with Crippen molar-refractivity contribution >= 4 is 29.2 Å². The van der Waals surface area contributed by atoms with Crippen molar-refractivity contribution in [1.82, 2.24) is 10.6 Å². The predicted molar refractivity (Wildman–Crippen MR) is 79.0 cm³/mol. The largest absolute Gasteiger partial charge is 0.336 e. The Morgan fingerprint density at radius 1 is 1.35 bits per heavy atom. The quantitative estimate of drug-likeness (QED) is 0.897. The number of carbonyl (C=O) groups is 2. The van der Waals surface area contributed by atoms with Gasteiger partial charge in [-0.3, -0.25) is 4.79 Å². The van der Waals surface area contributed by atoms with Crippen LogP contribution in [0.4, 0.5) is 10.5 Å². The third-order valence-corrected chi connectivity index (χ3v) is 3.27. The molecule has 1 fully saturated rings. The number of hydrogen-bond donors (Lipinski definition) is 2. The van der Waals surface area contributed by atoms with Crippen LogP contribution in [0.3, 0.4) is 0 Å². The van der Waals surface area contributed by atoms with Gasteiger partial charge in [0.25, 0.3) is 0 Å². The Hall–Kier alpha value is -1.75. The standard InChI is InChI=1S/C14H18ClN3O2/c1-9(2)16-14(20)17-11-7-13(19)18(8-11)12-5-3-10(15)4-6-12/h3-6,9,11H,7-8H2,1-2H3,(H2,16,17,20). The first-order valence-corrected chi connectivity index (χ1v) is 6.96. The predicted octanol–water partition coefficient (Wildman–Crippen LogP) is 2.15. The average Bonchev–Trinajstić information content (AvgIpc) is 2.70. The van der Waals surface area contributed by atoms with Gasteiger partial charge in [0.05, 0.1) is 6.04 Å². The monoisotopic (exact) mass is 295 g/mol. The molecule has 0 aromatic heterocycles. The second kappa shape index (κ2) is 6.13. The highest BCUT2D eigenvalue weighted by Gasteiger charge is 2.31. The van der Waals surface area contributed by atoms with Crippen LogP contribution in [0.25, 0.3) is 0 Å². The molecule has 6 heteroatoms. The molecule has 20 heavy (non-hydrogen) atoms. The highest BCUT2D eigenvalue weighted by atomic mass is 35.5. The maximum Gasteiger partial charge on any atom is 0.315 e. The molecular formula is C14H18ClN3O2. The zero-order valence-electron chi connectivity index (χ0n) is 11.5. The second-order valence-corrected chi connectivity index (χ2v) is 5.59. The van der Waals surface area contributed by atoms with Crippen LogP contribution in [0.2, 0.25) is 5.02 Å². The first-order chi connectivity index (χ1) is 9.45. The summed E-state index contributed by atoms with van der Waals surface area (Å²) in [5.74, 6) is 0.00201. The average molecular weight is 296 g/mol. The van der Waals surface area contributed by atoms with E-state index in [0.717, 1.165) is 5.69 Å². The smallest absolute Gasteiger partial charge is 0.315 e. The molecule has 0 saturated carbocycles. The molecule has 3 amide bonds. The molecule has 1 saturated heterocycles. The number of carbonyl (C=O) groups excluding carboxylic acids is 2. The van der Waals surface area contributed by atoms with E-state index in [4.69, 9.17) is 11.6 Å². The lowest BCUT2D eigenvalue weighted by molar-refractivity contribution is -0.117. The van der Waals surface area contributed by atoms with E-state index in [-0.39, 0.29) is 24.0 Å². The summed E-state index contributed by atoms with van der Waals surface area (Å²) in [6, 6.07) is 6.76. The normalized spacial score (nSPS) is 18.5. The summed E-state index contributed by atoms with van der Waals surface area (Å²) in [5, 5.41) is 6.19. The third kappa shape index (κ3) is 3.63. The molecule has 1 heterocycles. The molecule has 108 valence electrons. The summed E-state index contributed by atoms with van der Waals surface area (Å²) in [4.78, 5) is 25.3. The zero-order valence-corrected chi connectivity index (χ0v) is 12.3. The van der Waals surface area contributed by atoms with Crippen LogP contribution >= 0.6 is 11.6 Å². The van der Waals surface area contributed by atoms with Crippen molar-refractivity contribution in [3.63, 3.8) is 0 Å². The Kier molecular flexibility index (Phi) is 4.49. The maximum atomic E-state index is 12.0. The van der Waals surface area contributed by atoms with Crippen LogP contribution in [0.15, 0.2) is 24.3 Å². The molecule has 0 spiro atoms. The topological polar surface area (TPSA) is 61.4 Å². The molecule has 2 N–H and O–H groups in total. The minimum atomic E-state index is -0.240. The number of benzene rings is 1. The van der Waals surface area contributed by atoms with Crippen LogP contribution in [0.5, 0.6) is 0 Å². The van der Waals surface area contributed by atoms with Gasteiger partial charge in [0.1, 0.15) is 0 Å². The van der Waals surface area contributed by atoms with Gasteiger partial charge in [-0.2, -0.15) is 0 Å². The number of hydrogen-bond acceptors (Lipinski definition) is 2. The second-order valence-electron chi connectivity index (χ2n) is 5.15. The van der Waals surface area contributed by atoms with E-state index in [1.807, 2.05) is 13.8 Å². The molecule has 2 rings (SSSR count). The summed E-state index contributed by atoms with van der Waals surface area (Å²) in [5.41, 5.74) is 0.799. The van der Waals surface area contributed by atoms with Crippen molar-refractivity contribution in [3.8, 4) is 0 Å². The van der Waals surface area contributed by atoms with E-state index in [2.05, 4.69) is 10.6 Å². The van der Waals surface area contributed by atoms with Gasteiger partial charge in [-0.05, 0) is 38.1 Å². The maximum absolute atomic E-state index is 12.0. The van der Waals surface area contributed by atoms with Crippen LogP contribution < -0.4 is 15.5 Å². The Morgan fingerprint density at radius 2 is 2.00 bits per heavy atom. The zero-order chi connectivity index (χ0) is 14.7. The fourth-order valence-electron chi connectivity index (χ4n) is 2.16. The molecule has 1 aromatic carbocycles. The van der Waals surface area contributed by atoms with Gasteiger partial charge in [0.15, 0.2) is 0 Å². The van der Waals surface area contributed by atoms with E-state index in [1.54, 1.807) is 29.2 Å². The van der Waals surface area contributed by atoms with Gasteiger partial charge in [0.2, 0.25) is 5.91 Å². The molecule has 1 aliphatic heterocycles. The summed E-state index contributed by atoms with van der Waals surface area (Å²) < 4.78 is 0. The number of halogens is 1. The van der Waals surface area contributed by atoms with Gasteiger partial charge >= 0.3 is 6.03 Å². The molecule has 1 aromatic rings. The van der Waals surface area contributed by atoms with Crippen LogP contribution in [-0.4, -0.2) is 30.6 Å². The fraction of sp³-hybridized carbons (Fsp3) is 0.429. The Labute approximate surface area is 123 Å². The van der Waals surface area contributed by atoms with E-state index in [1.165, 1.54) is 0 Å². The first-order valence-electron chi connectivity index (χ1n) is 6.58. The van der Waals surface area contributed by atoms with Crippen molar-refractivity contribution in [2.75, 3.05) is 11.4 Å². The molecule has 5 nitrogen and oxygen atoms in total. The Bertz CT molecular complexity index is 502. The number of urea groups is 1. The van der Waals surface area contributed by atoms with Crippen molar-refractivity contribution < 1.29 is 9.59 Å². The highest BCUT2D eigenvalue weighted by Crippen LogP contribution is 2.23. The third-order valence-electron chi connectivity index (χ3n) is 3.02. The number of anilines is 1. The lowest BCUT2D eigenvalue weighted by Gasteiger charge is -2.18. The first kappa shape index (κ1) is 14.7. The number of rotatable bonds is 3. The molecule has 0 aliphatic carbocycles.